The summed E-state index contributed by atoms with van der Waals surface area (Å²) in [5, 5.41) is 20.6. The summed E-state index contributed by atoms with van der Waals surface area (Å²) in [6.45, 7) is 8.64. The molecule has 8 heteroatoms. The normalized spacial score (nSPS) is 11.9. The molecule has 0 aliphatic rings. The molecule has 2 heterocycles. The van der Waals surface area contributed by atoms with Gasteiger partial charge in [-0.2, -0.15) is 6.42 Å². The molecule has 0 bridgehead atoms. The minimum Gasteiger partial charge on any atom is -0.396 e. The van der Waals surface area contributed by atoms with Crippen molar-refractivity contribution in [3.63, 3.8) is 0 Å². The number of aliphatic hydroxyl groups is 2. The summed E-state index contributed by atoms with van der Waals surface area (Å²) >= 11 is 0. The van der Waals surface area contributed by atoms with Crippen LogP contribution in [0.2, 0.25) is 0 Å². The quantitative estimate of drug-likeness (QED) is 0.334. The van der Waals surface area contributed by atoms with Crippen molar-refractivity contribution >= 4 is 27.8 Å². The summed E-state index contributed by atoms with van der Waals surface area (Å²) in [6, 6.07) is 6.14. The number of imidazole rings is 1. The number of rotatable bonds is 9. The molecule has 0 saturated carbocycles. The van der Waals surface area contributed by atoms with Crippen molar-refractivity contribution in [3.05, 3.63) is 36.5 Å². The summed E-state index contributed by atoms with van der Waals surface area (Å²) < 4.78 is 7.60. The van der Waals surface area contributed by atoms with Gasteiger partial charge in [-0.05, 0) is 18.6 Å². The van der Waals surface area contributed by atoms with Gasteiger partial charge in [-0.1, -0.05) is 25.5 Å². The second-order valence-electron chi connectivity index (χ2n) is 7.53. The third kappa shape index (κ3) is 4.76. The van der Waals surface area contributed by atoms with E-state index in [2.05, 4.69) is 23.0 Å². The second-order valence-corrected chi connectivity index (χ2v) is 7.53. The molecule has 3 rings (SSSR count). The number of nitrogens with zero attached hydrogens (tertiary/aromatic N) is 3. The van der Waals surface area contributed by atoms with E-state index >= 15 is 0 Å². The molecule has 0 spiro atoms. The Balaban J connectivity index is 0.00000300. The Morgan fingerprint density at radius 2 is 1.97 bits per heavy atom. The number of hydrogen-bond donors (Lipinski definition) is 3. The molecule has 0 radical (unpaired) electrons. The first-order valence-corrected chi connectivity index (χ1v) is 9.62. The average Bonchev–Trinajstić information content (AvgIpc) is 3.05. The van der Waals surface area contributed by atoms with E-state index in [1.165, 1.54) is 0 Å². The number of nitrogens with two attached hydrogens (primary N) is 1. The van der Waals surface area contributed by atoms with Gasteiger partial charge < -0.3 is 32.2 Å². The van der Waals surface area contributed by atoms with Gasteiger partial charge in [-0.25, -0.2) is 9.97 Å². The fraction of sp³-hybridized carbons (Fsp3) is 0.476. The molecule has 2 aromatic heterocycles. The van der Waals surface area contributed by atoms with Crippen LogP contribution in [0.1, 0.15) is 31.7 Å². The molecular weight excluding hydrogens is 363 g/mol. The Hall–Kier alpha value is -1.62. The van der Waals surface area contributed by atoms with Crippen LogP contribution in [0.4, 0.5) is 5.82 Å². The smallest absolute Gasteiger partial charge is 0.396 e. The number of aliphatic hydroxyl groups excluding tert-OH is 2. The maximum atomic E-state index is 9.82. The van der Waals surface area contributed by atoms with E-state index in [1.54, 1.807) is 0 Å². The summed E-state index contributed by atoms with van der Waals surface area (Å²) in [5.74, 6) is 1.06. The number of fused-ring (bicyclic) bond motifs is 3. The van der Waals surface area contributed by atoms with Gasteiger partial charge in [0.25, 0.3) is 0 Å². The van der Waals surface area contributed by atoms with Crippen LogP contribution in [-0.2, 0) is 24.3 Å². The van der Waals surface area contributed by atoms with E-state index in [0.717, 1.165) is 34.8 Å². The Morgan fingerprint density at radius 1 is 1.24 bits per heavy atom. The van der Waals surface area contributed by atoms with Gasteiger partial charge >= 0.3 is 18.9 Å². The Bertz CT molecular complexity index is 970. The molecular formula is C21H29LiN4O3. The van der Waals surface area contributed by atoms with Gasteiger partial charge in [-0.3, -0.25) is 0 Å². The first-order chi connectivity index (χ1) is 13.5. The third-order valence-corrected chi connectivity index (χ3v) is 5.05. The monoisotopic (exact) mass is 392 g/mol. The molecule has 0 fully saturated rings. The number of pyridine rings is 1. The van der Waals surface area contributed by atoms with E-state index in [9.17, 15) is 10.2 Å². The summed E-state index contributed by atoms with van der Waals surface area (Å²) in [4.78, 5) is 9.25. The van der Waals surface area contributed by atoms with Gasteiger partial charge in [0.2, 0.25) is 0 Å². The number of benzene rings is 1. The van der Waals surface area contributed by atoms with Crippen molar-refractivity contribution in [2.45, 2.75) is 39.8 Å². The SMILES string of the molecule is [CH2-]CCc1ccc2c(c1)nc(N)c1nc(COCC)n(CC(C)(CO)CO)c12.[Li+]. The van der Waals surface area contributed by atoms with Gasteiger partial charge in [0.15, 0.2) is 5.82 Å². The predicted molar refractivity (Wildman–Crippen MR) is 111 cm³/mol. The van der Waals surface area contributed by atoms with Crippen molar-refractivity contribution in [2.75, 3.05) is 25.6 Å². The van der Waals surface area contributed by atoms with Crippen LogP contribution in [0.3, 0.4) is 0 Å². The Labute approximate surface area is 183 Å². The minimum atomic E-state index is -0.702. The summed E-state index contributed by atoms with van der Waals surface area (Å²) in [6.07, 6.45) is 1.68. The van der Waals surface area contributed by atoms with Crippen LogP contribution in [-0.4, -0.2) is 44.6 Å². The van der Waals surface area contributed by atoms with Gasteiger partial charge in [0.05, 0.1) is 24.2 Å². The van der Waals surface area contributed by atoms with Gasteiger partial charge in [0.1, 0.15) is 17.9 Å². The largest absolute Gasteiger partial charge is 1.00 e. The third-order valence-electron chi connectivity index (χ3n) is 5.05. The van der Waals surface area contributed by atoms with Crippen LogP contribution >= 0.6 is 0 Å². The number of aryl methyl sites for hydroxylation is 1. The van der Waals surface area contributed by atoms with Crippen LogP contribution in [0.25, 0.3) is 21.9 Å². The first kappa shape index (κ1) is 23.7. The standard InChI is InChI=1S/C21H29N4O3.Li/c1-4-6-14-7-8-15-16(9-14)23-20(22)18-19(15)25(11-21(3,12-26)13-27)17(24-18)10-28-5-2;/h7-9,26-27H,1,4-6,10-13H2,2-3H3,(H2,22,23);/q-1;+1. The molecule has 7 nitrogen and oxygen atoms in total. The number of aromatic nitrogens is 3. The van der Waals surface area contributed by atoms with Crippen LogP contribution in [0.5, 0.6) is 0 Å². The fourth-order valence-electron chi connectivity index (χ4n) is 3.37. The number of anilines is 1. The summed E-state index contributed by atoms with van der Waals surface area (Å²) in [5.41, 5.74) is 8.97. The maximum Gasteiger partial charge on any atom is 1.00 e. The molecule has 29 heavy (non-hydrogen) atoms. The molecule has 0 aliphatic carbocycles. The number of nitrogen functional groups attached to an aromatic ring is 1. The molecule has 0 atom stereocenters. The van der Waals surface area contributed by atoms with Crippen LogP contribution in [0, 0.1) is 12.3 Å². The molecule has 1 aromatic carbocycles. The van der Waals surface area contributed by atoms with E-state index in [-0.39, 0.29) is 32.1 Å². The maximum absolute atomic E-state index is 9.82. The van der Waals surface area contributed by atoms with Crippen molar-refractivity contribution in [3.8, 4) is 0 Å². The van der Waals surface area contributed by atoms with Crippen LogP contribution < -0.4 is 24.6 Å². The topological polar surface area (TPSA) is 106 Å². The Kier molecular flexibility index (Phi) is 8.09. The van der Waals surface area contributed by atoms with E-state index < -0.39 is 5.41 Å². The first-order valence-electron chi connectivity index (χ1n) is 9.62. The fourth-order valence-corrected chi connectivity index (χ4v) is 3.37. The van der Waals surface area contributed by atoms with Crippen molar-refractivity contribution in [1.82, 2.24) is 14.5 Å². The zero-order valence-corrected chi connectivity index (χ0v) is 17.6. The molecule has 0 unspecified atom stereocenters. The molecule has 0 aliphatic heterocycles. The van der Waals surface area contributed by atoms with Crippen molar-refractivity contribution in [1.29, 1.82) is 0 Å². The van der Waals surface area contributed by atoms with E-state index in [0.29, 0.717) is 36.9 Å². The second kappa shape index (κ2) is 9.92. The average molecular weight is 392 g/mol. The molecule has 0 saturated heterocycles. The summed E-state index contributed by atoms with van der Waals surface area (Å²) in [7, 11) is 0. The molecule has 3 aromatic rings. The Morgan fingerprint density at radius 3 is 2.59 bits per heavy atom. The van der Waals surface area contributed by atoms with Crippen LogP contribution in [0.15, 0.2) is 18.2 Å². The van der Waals surface area contributed by atoms with E-state index in [1.807, 2.05) is 30.5 Å². The van der Waals surface area contributed by atoms with Gasteiger partial charge in [0, 0.05) is 24.0 Å². The molecule has 0 amide bonds. The predicted octanol–water partition coefficient (Wildman–Crippen LogP) is -0.535. The molecule has 4 N–H and O–H groups in total. The molecule has 152 valence electrons. The van der Waals surface area contributed by atoms with Crippen molar-refractivity contribution in [2.24, 2.45) is 5.41 Å². The van der Waals surface area contributed by atoms with E-state index in [4.69, 9.17) is 10.5 Å². The van der Waals surface area contributed by atoms with Gasteiger partial charge in [-0.15, -0.1) is 0 Å². The van der Waals surface area contributed by atoms with Crippen molar-refractivity contribution < 1.29 is 33.8 Å². The zero-order chi connectivity index (χ0) is 20.3. The zero-order valence-electron chi connectivity index (χ0n) is 17.6. The number of ether oxygens (including phenoxy) is 1. The number of hydrogen-bond acceptors (Lipinski definition) is 6. The minimum absolute atomic E-state index is 0.